The van der Waals surface area contributed by atoms with E-state index in [0.717, 1.165) is 15.1 Å². The van der Waals surface area contributed by atoms with Crippen molar-refractivity contribution in [3.05, 3.63) is 47.2 Å². The van der Waals surface area contributed by atoms with Crippen LogP contribution < -0.4 is 5.73 Å². The van der Waals surface area contributed by atoms with Crippen molar-refractivity contribution >= 4 is 44.0 Å². The largest absolute Gasteiger partial charge is 0.449 e. The minimum atomic E-state index is -0.657. The van der Waals surface area contributed by atoms with Crippen molar-refractivity contribution in [3.8, 4) is 10.8 Å². The van der Waals surface area contributed by atoms with Crippen molar-refractivity contribution in [1.82, 2.24) is 15.2 Å². The van der Waals surface area contributed by atoms with E-state index in [1.807, 2.05) is 17.5 Å². The molecule has 1 atom stereocenters. The number of carbonyl (C=O) groups is 1. The minimum absolute atomic E-state index is 0.250. The van der Waals surface area contributed by atoms with Gasteiger partial charge in [0.1, 0.15) is 0 Å². The lowest BCUT2D eigenvalue weighted by Crippen LogP contribution is -2.09. The molecule has 126 valence electrons. The second-order valence-corrected chi connectivity index (χ2v) is 7.21. The highest BCUT2D eigenvalue weighted by molar-refractivity contribution is 7.22. The van der Waals surface area contributed by atoms with Crippen LogP contribution >= 0.6 is 22.7 Å². The number of aromatic nitrogens is 3. The number of hydrogen-bond donors (Lipinski definition) is 1. The van der Waals surface area contributed by atoms with Gasteiger partial charge in [-0.05, 0) is 36.6 Å². The maximum Gasteiger partial charge on any atom is 0.338 e. The summed E-state index contributed by atoms with van der Waals surface area (Å²) in [6.45, 7) is 1.69. The molecule has 0 saturated carbocycles. The van der Waals surface area contributed by atoms with Crippen LogP contribution in [0.4, 0.5) is 5.13 Å². The number of fused-ring (bicyclic) bond motifs is 1. The predicted octanol–water partition coefficient (Wildman–Crippen LogP) is 3.91. The molecule has 9 heteroatoms. The third-order valence-electron chi connectivity index (χ3n) is 3.44. The van der Waals surface area contributed by atoms with E-state index >= 15 is 0 Å². The Bertz CT molecular complexity index is 1040. The molecule has 2 N–H and O–H groups in total. The Kier molecular flexibility index (Phi) is 3.94. The topological polar surface area (TPSA) is 104 Å². The molecule has 4 rings (SSSR count). The second-order valence-electron chi connectivity index (χ2n) is 5.20. The van der Waals surface area contributed by atoms with Gasteiger partial charge in [-0.15, -0.1) is 21.5 Å². The molecule has 4 aromatic rings. The summed E-state index contributed by atoms with van der Waals surface area (Å²) >= 11 is 2.82. The molecule has 0 radical (unpaired) electrons. The zero-order valence-corrected chi connectivity index (χ0v) is 14.6. The SMILES string of the molecule is CC(OC(=O)c1ccc2nc(N)sc2c1)c1nnc(-c2cccs2)o1. The highest BCUT2D eigenvalue weighted by Gasteiger charge is 2.20. The molecule has 25 heavy (non-hydrogen) atoms. The molecule has 1 unspecified atom stereocenters. The maximum absolute atomic E-state index is 12.4. The van der Waals surface area contributed by atoms with Gasteiger partial charge in [-0.25, -0.2) is 9.78 Å². The first-order chi connectivity index (χ1) is 12.1. The fraction of sp³-hybridized carbons (Fsp3) is 0.125. The molecule has 0 aliphatic heterocycles. The van der Waals surface area contributed by atoms with E-state index in [1.165, 1.54) is 22.7 Å². The molecule has 0 aliphatic rings. The molecule has 7 nitrogen and oxygen atoms in total. The summed E-state index contributed by atoms with van der Waals surface area (Å²) < 4.78 is 11.8. The van der Waals surface area contributed by atoms with Gasteiger partial charge in [-0.2, -0.15) is 0 Å². The molecule has 1 aromatic carbocycles. The van der Waals surface area contributed by atoms with E-state index in [1.54, 1.807) is 25.1 Å². The molecule has 0 amide bonds. The highest BCUT2D eigenvalue weighted by Crippen LogP contribution is 2.28. The third kappa shape index (κ3) is 3.11. The summed E-state index contributed by atoms with van der Waals surface area (Å²) in [5, 5.41) is 10.3. The van der Waals surface area contributed by atoms with Gasteiger partial charge in [0.25, 0.3) is 11.8 Å². The van der Waals surface area contributed by atoms with Crippen LogP contribution in [0.1, 0.15) is 29.3 Å². The number of anilines is 1. The lowest BCUT2D eigenvalue weighted by atomic mass is 10.2. The first-order valence-electron chi connectivity index (χ1n) is 7.34. The summed E-state index contributed by atoms with van der Waals surface area (Å²) in [4.78, 5) is 17.4. The van der Waals surface area contributed by atoms with Crippen LogP contribution in [0.15, 0.2) is 40.1 Å². The maximum atomic E-state index is 12.4. The smallest absolute Gasteiger partial charge is 0.338 e. The van der Waals surface area contributed by atoms with Gasteiger partial charge in [-0.3, -0.25) is 0 Å². The van der Waals surface area contributed by atoms with Crippen LogP contribution in [0.5, 0.6) is 0 Å². The Labute approximate surface area is 150 Å². The van der Waals surface area contributed by atoms with Gasteiger partial charge in [0.15, 0.2) is 11.2 Å². The molecular formula is C16H12N4O3S2. The Morgan fingerprint density at radius 2 is 2.20 bits per heavy atom. The van der Waals surface area contributed by atoms with Crippen LogP contribution in [0, 0.1) is 0 Å². The lowest BCUT2D eigenvalue weighted by Gasteiger charge is -2.09. The number of thiazole rings is 1. The fourth-order valence-electron chi connectivity index (χ4n) is 2.25. The summed E-state index contributed by atoms with van der Waals surface area (Å²) in [5.41, 5.74) is 6.85. The number of ether oxygens (including phenoxy) is 1. The number of nitrogen functional groups attached to an aromatic ring is 1. The minimum Gasteiger partial charge on any atom is -0.449 e. The second kappa shape index (κ2) is 6.26. The van der Waals surface area contributed by atoms with Gasteiger partial charge in [-0.1, -0.05) is 17.4 Å². The third-order valence-corrected chi connectivity index (χ3v) is 5.15. The summed E-state index contributed by atoms with van der Waals surface area (Å²) in [6.07, 6.45) is -0.657. The van der Waals surface area contributed by atoms with E-state index in [9.17, 15) is 4.79 Å². The van der Waals surface area contributed by atoms with Crippen LogP contribution in [-0.4, -0.2) is 21.2 Å². The summed E-state index contributed by atoms with van der Waals surface area (Å²) in [6, 6.07) is 8.89. The average Bonchev–Trinajstić information content (AvgIpc) is 3.32. The number of esters is 1. The number of nitrogens with two attached hydrogens (primary N) is 1. The number of nitrogens with zero attached hydrogens (tertiary/aromatic N) is 3. The van der Waals surface area contributed by atoms with Crippen molar-refractivity contribution in [2.75, 3.05) is 5.73 Å². The zero-order chi connectivity index (χ0) is 17.4. The van der Waals surface area contributed by atoms with Crippen LogP contribution in [0.25, 0.3) is 21.0 Å². The fourth-order valence-corrected chi connectivity index (χ4v) is 3.66. The van der Waals surface area contributed by atoms with E-state index in [-0.39, 0.29) is 5.89 Å². The molecule has 3 aromatic heterocycles. The van der Waals surface area contributed by atoms with Gasteiger partial charge in [0, 0.05) is 0 Å². The van der Waals surface area contributed by atoms with E-state index in [4.69, 9.17) is 14.9 Å². The Morgan fingerprint density at radius 3 is 3.00 bits per heavy atom. The van der Waals surface area contributed by atoms with Crippen molar-refractivity contribution in [3.63, 3.8) is 0 Å². The highest BCUT2D eigenvalue weighted by atomic mass is 32.1. The van der Waals surface area contributed by atoms with Crippen LogP contribution in [0.3, 0.4) is 0 Å². The summed E-state index contributed by atoms with van der Waals surface area (Å²) in [5.74, 6) is 0.187. The molecule has 0 saturated heterocycles. The van der Waals surface area contributed by atoms with Gasteiger partial charge in [0.2, 0.25) is 0 Å². The van der Waals surface area contributed by atoms with Crippen molar-refractivity contribution in [1.29, 1.82) is 0 Å². The van der Waals surface area contributed by atoms with Crippen LogP contribution in [0.2, 0.25) is 0 Å². The standard InChI is InChI=1S/C16H12N4O3S2/c1-8(13-19-20-14(23-13)11-3-2-6-24-11)22-15(21)9-4-5-10-12(7-9)25-16(17)18-10/h2-8H,1H3,(H2,17,18). The van der Waals surface area contributed by atoms with Crippen molar-refractivity contribution in [2.24, 2.45) is 0 Å². The molecule has 0 bridgehead atoms. The Morgan fingerprint density at radius 1 is 1.32 bits per heavy atom. The average molecular weight is 372 g/mol. The number of hydrogen-bond acceptors (Lipinski definition) is 9. The number of carbonyl (C=O) groups excluding carboxylic acids is 1. The predicted molar refractivity (Wildman–Crippen MR) is 95.5 cm³/mol. The zero-order valence-electron chi connectivity index (χ0n) is 13.0. The van der Waals surface area contributed by atoms with E-state index in [0.29, 0.717) is 16.6 Å². The molecular weight excluding hydrogens is 360 g/mol. The van der Waals surface area contributed by atoms with Gasteiger partial charge >= 0.3 is 5.97 Å². The molecule has 0 fully saturated rings. The first kappa shape index (κ1) is 15.7. The van der Waals surface area contributed by atoms with Crippen molar-refractivity contribution in [2.45, 2.75) is 13.0 Å². The number of rotatable bonds is 4. The normalized spacial score (nSPS) is 12.4. The Hall–Kier alpha value is -2.78. The Balaban J connectivity index is 1.51. The summed E-state index contributed by atoms with van der Waals surface area (Å²) in [7, 11) is 0. The van der Waals surface area contributed by atoms with Gasteiger partial charge in [0.05, 0.1) is 20.7 Å². The first-order valence-corrected chi connectivity index (χ1v) is 9.04. The molecule has 0 aliphatic carbocycles. The lowest BCUT2D eigenvalue weighted by molar-refractivity contribution is 0.0280. The quantitative estimate of drug-likeness (QED) is 0.542. The molecule has 0 spiro atoms. The van der Waals surface area contributed by atoms with Crippen molar-refractivity contribution < 1.29 is 13.9 Å². The van der Waals surface area contributed by atoms with Gasteiger partial charge < -0.3 is 14.9 Å². The van der Waals surface area contributed by atoms with Crippen LogP contribution in [-0.2, 0) is 4.74 Å². The van der Waals surface area contributed by atoms with E-state index in [2.05, 4.69) is 15.2 Å². The van der Waals surface area contributed by atoms with E-state index < -0.39 is 12.1 Å². The number of benzene rings is 1. The molecule has 3 heterocycles. The number of thiophene rings is 1. The monoisotopic (exact) mass is 372 g/mol.